The van der Waals surface area contributed by atoms with Crippen LogP contribution < -0.4 is 5.32 Å². The van der Waals surface area contributed by atoms with Crippen molar-refractivity contribution in [2.75, 3.05) is 13.1 Å². The first-order valence-electron chi connectivity index (χ1n) is 11.4. The fourth-order valence-corrected chi connectivity index (χ4v) is 4.75. The molecule has 6 heteroatoms. The summed E-state index contributed by atoms with van der Waals surface area (Å²) in [6.45, 7) is 6.41. The summed E-state index contributed by atoms with van der Waals surface area (Å²) in [7, 11) is 0. The standard InChI is InChI=1S/C27H30FN3O2/c1-18-13-20(14-19(2)26(18)32)16-31-12-6-8-22(17-31)25(24-10-3-4-11-29-24)30-27(33)21-7-5-9-23(28)15-21/h3-5,7,9-11,13-15,22,25,32H,6,8,12,16-17H2,1-2H3,(H,30,33)/t22-,25+/m1/s1. The number of carbonyl (C=O) groups excluding carboxylic acids is 1. The van der Waals surface area contributed by atoms with Crippen LogP contribution in [0, 0.1) is 25.6 Å². The quantitative estimate of drug-likeness (QED) is 0.563. The number of nitrogens with one attached hydrogen (secondary N) is 1. The Balaban J connectivity index is 1.53. The minimum absolute atomic E-state index is 0.172. The Morgan fingerprint density at radius 2 is 1.97 bits per heavy atom. The third-order valence-corrected chi connectivity index (χ3v) is 6.35. The minimum atomic E-state index is -0.430. The Morgan fingerprint density at radius 3 is 2.67 bits per heavy atom. The molecule has 2 atom stereocenters. The highest BCUT2D eigenvalue weighted by molar-refractivity contribution is 5.94. The Bertz CT molecular complexity index is 1100. The highest BCUT2D eigenvalue weighted by atomic mass is 19.1. The van der Waals surface area contributed by atoms with E-state index in [4.69, 9.17) is 0 Å². The number of hydrogen-bond acceptors (Lipinski definition) is 4. The second-order valence-corrected chi connectivity index (χ2v) is 8.93. The van der Waals surface area contributed by atoms with E-state index in [-0.39, 0.29) is 17.9 Å². The lowest BCUT2D eigenvalue weighted by Gasteiger charge is -2.37. The molecule has 33 heavy (non-hydrogen) atoms. The molecule has 0 saturated carbocycles. The molecule has 0 spiro atoms. The largest absolute Gasteiger partial charge is 0.507 e. The molecular formula is C27H30FN3O2. The Hall–Kier alpha value is -3.25. The van der Waals surface area contributed by atoms with Crippen molar-refractivity contribution < 1.29 is 14.3 Å². The summed E-state index contributed by atoms with van der Waals surface area (Å²) < 4.78 is 13.7. The lowest BCUT2D eigenvalue weighted by Crippen LogP contribution is -2.43. The number of halogens is 1. The first kappa shape index (κ1) is 22.9. The summed E-state index contributed by atoms with van der Waals surface area (Å²) >= 11 is 0. The molecule has 2 heterocycles. The average molecular weight is 448 g/mol. The Morgan fingerprint density at radius 1 is 1.18 bits per heavy atom. The van der Waals surface area contributed by atoms with Gasteiger partial charge < -0.3 is 10.4 Å². The van der Waals surface area contributed by atoms with Crippen LogP contribution in [0.2, 0.25) is 0 Å². The van der Waals surface area contributed by atoms with Crippen LogP contribution in [-0.2, 0) is 6.54 Å². The maximum Gasteiger partial charge on any atom is 0.251 e. The number of likely N-dealkylation sites (tertiary alicyclic amines) is 1. The van der Waals surface area contributed by atoms with Gasteiger partial charge in [-0.2, -0.15) is 0 Å². The van der Waals surface area contributed by atoms with Gasteiger partial charge in [-0.25, -0.2) is 4.39 Å². The molecule has 0 bridgehead atoms. The number of aryl methyl sites for hydroxylation is 2. The van der Waals surface area contributed by atoms with E-state index < -0.39 is 5.82 Å². The van der Waals surface area contributed by atoms with E-state index in [1.165, 1.54) is 17.7 Å². The van der Waals surface area contributed by atoms with Gasteiger partial charge in [0.15, 0.2) is 0 Å². The van der Waals surface area contributed by atoms with Crippen LogP contribution in [0.25, 0.3) is 0 Å². The topological polar surface area (TPSA) is 65.5 Å². The minimum Gasteiger partial charge on any atom is -0.507 e. The van der Waals surface area contributed by atoms with Crippen molar-refractivity contribution in [3.05, 3.63) is 94.6 Å². The number of aromatic nitrogens is 1. The molecule has 0 aliphatic carbocycles. The fraction of sp³-hybridized carbons (Fsp3) is 0.333. The molecule has 1 aromatic heterocycles. The second-order valence-electron chi connectivity index (χ2n) is 8.93. The molecule has 1 amide bonds. The van der Waals surface area contributed by atoms with Crippen LogP contribution in [0.4, 0.5) is 4.39 Å². The van der Waals surface area contributed by atoms with Gasteiger partial charge in [0, 0.05) is 24.8 Å². The monoisotopic (exact) mass is 447 g/mol. The smallest absolute Gasteiger partial charge is 0.251 e. The highest BCUT2D eigenvalue weighted by Crippen LogP contribution is 2.31. The number of amides is 1. The van der Waals surface area contributed by atoms with E-state index in [0.717, 1.165) is 49.3 Å². The van der Waals surface area contributed by atoms with Crippen molar-refractivity contribution in [1.29, 1.82) is 0 Å². The van der Waals surface area contributed by atoms with Crippen molar-refractivity contribution in [1.82, 2.24) is 15.2 Å². The van der Waals surface area contributed by atoms with E-state index in [9.17, 15) is 14.3 Å². The van der Waals surface area contributed by atoms with E-state index >= 15 is 0 Å². The van der Waals surface area contributed by atoms with Crippen LogP contribution >= 0.6 is 0 Å². The summed E-state index contributed by atoms with van der Waals surface area (Å²) in [5.74, 6) is -0.205. The lowest BCUT2D eigenvalue weighted by molar-refractivity contribution is 0.0874. The first-order valence-corrected chi connectivity index (χ1v) is 11.4. The number of rotatable bonds is 6. The molecule has 3 aromatic rings. The first-order chi connectivity index (χ1) is 15.9. The molecular weight excluding hydrogens is 417 g/mol. The van der Waals surface area contributed by atoms with Gasteiger partial charge in [-0.3, -0.25) is 14.7 Å². The van der Waals surface area contributed by atoms with Gasteiger partial charge in [-0.05, 0) is 86.2 Å². The number of nitrogens with zero attached hydrogens (tertiary/aromatic N) is 2. The van der Waals surface area contributed by atoms with Gasteiger partial charge in [0.1, 0.15) is 11.6 Å². The molecule has 1 saturated heterocycles. The normalized spacial score (nSPS) is 17.5. The summed E-state index contributed by atoms with van der Waals surface area (Å²) in [6, 6.07) is 15.3. The molecule has 4 rings (SSSR count). The third kappa shape index (κ3) is 5.57. The summed E-state index contributed by atoms with van der Waals surface area (Å²) in [5.41, 5.74) is 4.05. The van der Waals surface area contributed by atoms with Gasteiger partial charge in [-0.1, -0.05) is 24.3 Å². The number of piperidine rings is 1. The highest BCUT2D eigenvalue weighted by Gasteiger charge is 2.31. The van der Waals surface area contributed by atoms with Crippen molar-refractivity contribution in [2.45, 2.75) is 39.3 Å². The number of aromatic hydroxyl groups is 1. The zero-order valence-electron chi connectivity index (χ0n) is 19.1. The fourth-order valence-electron chi connectivity index (χ4n) is 4.75. The van der Waals surface area contributed by atoms with Crippen LogP contribution in [0.5, 0.6) is 5.75 Å². The number of carbonyl (C=O) groups is 1. The van der Waals surface area contributed by atoms with Crippen molar-refractivity contribution in [3.8, 4) is 5.75 Å². The molecule has 1 aliphatic heterocycles. The number of phenols is 1. The van der Waals surface area contributed by atoms with Gasteiger partial charge >= 0.3 is 0 Å². The average Bonchev–Trinajstić information content (AvgIpc) is 2.81. The predicted molar refractivity (Wildman–Crippen MR) is 126 cm³/mol. The van der Waals surface area contributed by atoms with Gasteiger partial charge in [0.25, 0.3) is 5.91 Å². The van der Waals surface area contributed by atoms with Crippen molar-refractivity contribution in [3.63, 3.8) is 0 Å². The second kappa shape index (κ2) is 10.1. The Kier molecular flexibility index (Phi) is 7.04. The SMILES string of the molecule is Cc1cc(CN2CCC[C@@H]([C@H](NC(=O)c3cccc(F)c3)c3ccccn3)C2)cc(C)c1O. The zero-order chi connectivity index (χ0) is 23.4. The number of benzene rings is 2. The number of hydrogen-bond donors (Lipinski definition) is 2. The molecule has 172 valence electrons. The molecule has 1 fully saturated rings. The van der Waals surface area contributed by atoms with Gasteiger partial charge in [0.2, 0.25) is 0 Å². The predicted octanol–water partition coefficient (Wildman–Crippen LogP) is 4.93. The summed E-state index contributed by atoms with van der Waals surface area (Å²) in [5, 5.41) is 13.2. The molecule has 5 nitrogen and oxygen atoms in total. The van der Waals surface area contributed by atoms with Crippen molar-refractivity contribution in [2.24, 2.45) is 5.92 Å². The number of pyridine rings is 1. The zero-order valence-corrected chi connectivity index (χ0v) is 19.1. The van der Waals surface area contributed by atoms with E-state index in [1.807, 2.05) is 44.2 Å². The Labute approximate surface area is 194 Å². The number of phenolic OH excluding ortho intramolecular Hbond substituents is 1. The molecule has 0 unspecified atom stereocenters. The maximum atomic E-state index is 13.7. The van der Waals surface area contributed by atoms with Crippen LogP contribution in [-0.4, -0.2) is 34.0 Å². The molecule has 2 aromatic carbocycles. The maximum absolute atomic E-state index is 13.7. The van der Waals surface area contributed by atoms with Crippen LogP contribution in [0.3, 0.4) is 0 Å². The van der Waals surface area contributed by atoms with Gasteiger partial charge in [0.05, 0.1) is 11.7 Å². The molecule has 0 radical (unpaired) electrons. The summed E-state index contributed by atoms with van der Waals surface area (Å²) in [4.78, 5) is 19.9. The lowest BCUT2D eigenvalue weighted by atomic mass is 9.88. The van der Waals surface area contributed by atoms with Crippen LogP contribution in [0.15, 0.2) is 60.8 Å². The molecule has 2 N–H and O–H groups in total. The third-order valence-electron chi connectivity index (χ3n) is 6.35. The van der Waals surface area contributed by atoms with Gasteiger partial charge in [-0.15, -0.1) is 0 Å². The van der Waals surface area contributed by atoms with E-state index in [2.05, 4.69) is 15.2 Å². The van der Waals surface area contributed by atoms with Crippen LogP contribution in [0.1, 0.15) is 51.6 Å². The van der Waals surface area contributed by atoms with Crippen molar-refractivity contribution >= 4 is 5.91 Å². The van der Waals surface area contributed by atoms with E-state index in [0.29, 0.717) is 11.3 Å². The van der Waals surface area contributed by atoms with E-state index in [1.54, 1.807) is 18.3 Å². The molecule has 1 aliphatic rings. The summed E-state index contributed by atoms with van der Waals surface area (Å²) in [6.07, 6.45) is 3.72.